The number of aryl methyl sites for hydroxylation is 2. The molecule has 2 aromatic carbocycles. The van der Waals surface area contributed by atoms with E-state index in [0.717, 1.165) is 50.2 Å². The summed E-state index contributed by atoms with van der Waals surface area (Å²) < 4.78 is 73.9. The quantitative estimate of drug-likeness (QED) is 0.324. The third-order valence-electron chi connectivity index (χ3n) is 9.40. The number of carbonyl (C=O) groups is 1. The molecule has 0 radical (unpaired) electrons. The maximum atomic E-state index is 13.2. The van der Waals surface area contributed by atoms with Gasteiger partial charge in [-0.3, -0.25) is 19.1 Å². The second-order valence-corrected chi connectivity index (χ2v) is 14.0. The molecule has 10 nitrogen and oxygen atoms in total. The minimum atomic E-state index is -4.35. The summed E-state index contributed by atoms with van der Waals surface area (Å²) in [6.45, 7) is 12.4. The van der Waals surface area contributed by atoms with Gasteiger partial charge in [0.05, 0.1) is 40.1 Å². The molecule has 5 rings (SSSR count). The van der Waals surface area contributed by atoms with Crippen molar-refractivity contribution < 1.29 is 35.7 Å². The van der Waals surface area contributed by atoms with E-state index in [-0.39, 0.29) is 28.4 Å². The van der Waals surface area contributed by atoms with Crippen LogP contribution in [0.15, 0.2) is 65.8 Å². The molecule has 1 amide bonds. The van der Waals surface area contributed by atoms with Crippen LogP contribution in [0, 0.1) is 13.8 Å². The third-order valence-corrected chi connectivity index (χ3v) is 10.3. The van der Waals surface area contributed by atoms with Gasteiger partial charge in [-0.1, -0.05) is 30.3 Å². The summed E-state index contributed by atoms with van der Waals surface area (Å²) in [4.78, 5) is 28.3. The Balaban J connectivity index is 0.000000445. The van der Waals surface area contributed by atoms with Crippen LogP contribution >= 0.6 is 0 Å². The average Bonchev–Trinajstić information content (AvgIpc) is 3.04. The van der Waals surface area contributed by atoms with E-state index in [4.69, 9.17) is 9.29 Å². The van der Waals surface area contributed by atoms with Gasteiger partial charge in [-0.25, -0.2) is 9.97 Å². The number of hydrogen-bond donors (Lipinski definition) is 1. The van der Waals surface area contributed by atoms with Gasteiger partial charge in [-0.05, 0) is 70.4 Å². The summed E-state index contributed by atoms with van der Waals surface area (Å²) in [5.74, 6) is -0.000198. The van der Waals surface area contributed by atoms with Crippen LogP contribution in [0.2, 0.25) is 0 Å². The van der Waals surface area contributed by atoms with Crippen LogP contribution in [0.3, 0.4) is 0 Å². The Morgan fingerprint density at radius 1 is 1.00 bits per heavy atom. The minimum absolute atomic E-state index is 0.000198. The van der Waals surface area contributed by atoms with Crippen molar-refractivity contribution in [2.45, 2.75) is 69.2 Å². The van der Waals surface area contributed by atoms with Gasteiger partial charge in [0.25, 0.3) is 16.0 Å². The maximum absolute atomic E-state index is 13.2. The van der Waals surface area contributed by atoms with Crippen molar-refractivity contribution >= 4 is 16.0 Å². The van der Waals surface area contributed by atoms with Crippen LogP contribution < -0.4 is 0 Å². The normalized spacial score (nSPS) is 19.7. The fourth-order valence-corrected chi connectivity index (χ4v) is 7.02. The first-order valence-electron chi connectivity index (χ1n) is 15.8. The van der Waals surface area contributed by atoms with Gasteiger partial charge in [0.15, 0.2) is 0 Å². The van der Waals surface area contributed by atoms with E-state index in [1.807, 2.05) is 18.7 Å². The highest BCUT2D eigenvalue weighted by molar-refractivity contribution is 7.85. The van der Waals surface area contributed by atoms with Gasteiger partial charge < -0.3 is 9.64 Å². The number of ether oxygens (including phenoxy) is 1. The lowest BCUT2D eigenvalue weighted by molar-refractivity contribution is -0.137. The SMILES string of the molecule is COC[C@@H](c1ccc(C(F)(F)F)cc1)N1CCN(C2(C)CCN(C(=O)c3c(C)ncnc3C)CC2)C[C@@H]1C.O=S(=O)(O)c1ccccc1. The Morgan fingerprint density at radius 2 is 1.58 bits per heavy atom. The highest BCUT2D eigenvalue weighted by Crippen LogP contribution is 2.35. The molecule has 2 atom stereocenters. The minimum Gasteiger partial charge on any atom is -0.383 e. The summed E-state index contributed by atoms with van der Waals surface area (Å²) in [7, 11) is -2.38. The molecule has 2 aliphatic heterocycles. The first-order chi connectivity index (χ1) is 22.5. The van der Waals surface area contributed by atoms with Crippen molar-refractivity contribution in [3.63, 3.8) is 0 Å². The Kier molecular flexibility index (Phi) is 12.0. The van der Waals surface area contributed by atoms with E-state index in [0.29, 0.717) is 36.6 Å². The van der Waals surface area contributed by atoms with E-state index in [1.54, 1.807) is 37.4 Å². The second-order valence-electron chi connectivity index (χ2n) is 12.6. The number of amides is 1. The first-order valence-corrected chi connectivity index (χ1v) is 17.3. The van der Waals surface area contributed by atoms with Crippen LogP contribution in [0.25, 0.3) is 0 Å². The molecule has 3 heterocycles. The number of alkyl halides is 3. The van der Waals surface area contributed by atoms with E-state index < -0.39 is 21.9 Å². The van der Waals surface area contributed by atoms with E-state index in [9.17, 15) is 26.4 Å². The van der Waals surface area contributed by atoms with E-state index >= 15 is 0 Å². The fourth-order valence-electron chi connectivity index (χ4n) is 6.52. The zero-order valence-corrected chi connectivity index (χ0v) is 28.8. The Bertz CT molecular complexity index is 1610. The number of methoxy groups -OCH3 is 1. The van der Waals surface area contributed by atoms with E-state index in [2.05, 4.69) is 33.6 Å². The zero-order chi connectivity index (χ0) is 35.3. The van der Waals surface area contributed by atoms with Crippen molar-refractivity contribution in [1.29, 1.82) is 0 Å². The lowest BCUT2D eigenvalue weighted by Gasteiger charge is -2.52. The number of likely N-dealkylation sites (tertiary alicyclic amines) is 1. The number of carbonyl (C=O) groups excluding carboxylic acids is 1. The molecule has 1 aromatic heterocycles. The molecule has 3 aromatic rings. The fraction of sp³-hybridized carbons (Fsp3) is 0.500. The largest absolute Gasteiger partial charge is 0.416 e. The molecule has 0 unspecified atom stereocenters. The second kappa shape index (κ2) is 15.4. The summed E-state index contributed by atoms with van der Waals surface area (Å²) in [6, 6.07) is 12.9. The third kappa shape index (κ3) is 8.97. The smallest absolute Gasteiger partial charge is 0.383 e. The molecule has 1 N–H and O–H groups in total. The first kappa shape index (κ1) is 37.4. The molecule has 0 saturated carbocycles. The topological polar surface area (TPSA) is 116 Å². The number of benzene rings is 2. The molecular formula is C34H44F3N5O5S. The van der Waals surface area contributed by atoms with Crippen molar-refractivity contribution in [3.8, 4) is 0 Å². The monoisotopic (exact) mass is 691 g/mol. The number of piperazine rings is 1. The maximum Gasteiger partial charge on any atom is 0.416 e. The van der Waals surface area contributed by atoms with Gasteiger partial charge in [0.2, 0.25) is 0 Å². The highest BCUT2D eigenvalue weighted by atomic mass is 32.2. The van der Waals surface area contributed by atoms with Crippen LogP contribution in [0.1, 0.15) is 65.6 Å². The molecular weight excluding hydrogens is 647 g/mol. The van der Waals surface area contributed by atoms with Crippen molar-refractivity contribution in [2.24, 2.45) is 0 Å². The Labute approximate surface area is 280 Å². The highest BCUT2D eigenvalue weighted by Gasteiger charge is 2.41. The molecule has 14 heteroatoms. The van der Waals surface area contributed by atoms with Crippen LogP contribution in [0.5, 0.6) is 0 Å². The number of rotatable bonds is 7. The number of nitrogens with zero attached hydrogens (tertiary/aromatic N) is 5. The molecule has 0 aliphatic carbocycles. The zero-order valence-electron chi connectivity index (χ0n) is 27.9. The number of hydrogen-bond acceptors (Lipinski definition) is 8. The van der Waals surface area contributed by atoms with Gasteiger partial charge in [0.1, 0.15) is 6.33 Å². The molecule has 0 bridgehead atoms. The molecule has 2 aliphatic rings. The molecule has 2 saturated heterocycles. The summed E-state index contributed by atoms with van der Waals surface area (Å²) in [6.07, 6.45) is -1.12. The summed E-state index contributed by atoms with van der Waals surface area (Å²) in [5.41, 5.74) is 2.18. The number of halogens is 3. The standard InChI is InChI=1S/C28H38F3N5O2.C6H6O3S/c1-19-16-35(14-15-36(19)24(17-38-5)22-6-8-23(9-7-22)28(29,30)31)27(4)10-12-34(13-11-27)26(37)25-20(2)32-18-33-21(25)3;7-10(8,9)6-4-2-1-3-5-6/h6-9,18-19,24H,10-17H2,1-5H3;1-5H,(H,7,8,9)/t19-,24-;/m0./s1. The van der Waals surface area contributed by atoms with Gasteiger partial charge in [0, 0.05) is 51.4 Å². The number of aromatic nitrogens is 2. The predicted octanol–water partition coefficient (Wildman–Crippen LogP) is 5.43. The van der Waals surface area contributed by atoms with Crippen LogP contribution in [-0.2, 0) is 21.0 Å². The van der Waals surface area contributed by atoms with Crippen molar-refractivity contribution in [3.05, 3.63) is 89.0 Å². The predicted molar refractivity (Wildman–Crippen MR) is 175 cm³/mol. The van der Waals surface area contributed by atoms with Crippen LogP contribution in [-0.4, -0.2) is 102 Å². The Hall–Kier alpha value is -3.43. The average molecular weight is 692 g/mol. The summed E-state index contributed by atoms with van der Waals surface area (Å²) >= 11 is 0. The number of piperidine rings is 1. The van der Waals surface area contributed by atoms with Gasteiger partial charge in [-0.2, -0.15) is 21.6 Å². The van der Waals surface area contributed by atoms with Crippen molar-refractivity contribution in [1.82, 2.24) is 24.7 Å². The lowest BCUT2D eigenvalue weighted by Crippen LogP contribution is -2.62. The molecule has 2 fully saturated rings. The molecule has 0 spiro atoms. The van der Waals surface area contributed by atoms with E-state index in [1.165, 1.54) is 18.5 Å². The van der Waals surface area contributed by atoms with Gasteiger partial charge >= 0.3 is 6.18 Å². The Morgan fingerprint density at radius 3 is 2.06 bits per heavy atom. The summed E-state index contributed by atoms with van der Waals surface area (Å²) in [5, 5.41) is 0. The molecule has 262 valence electrons. The van der Waals surface area contributed by atoms with Crippen LogP contribution in [0.4, 0.5) is 13.2 Å². The van der Waals surface area contributed by atoms with Gasteiger partial charge in [-0.15, -0.1) is 0 Å². The lowest BCUT2D eigenvalue weighted by atomic mass is 9.86. The molecule has 48 heavy (non-hydrogen) atoms. The van der Waals surface area contributed by atoms with Crippen molar-refractivity contribution in [2.75, 3.05) is 46.4 Å².